The number of methoxy groups -OCH3 is 1. The number of nitrogens with one attached hydrogen (secondary N) is 2. The van der Waals surface area contributed by atoms with Crippen molar-refractivity contribution in [1.82, 2.24) is 5.32 Å². The molecule has 1 amide bonds. The largest absolute Gasteiger partial charge is 0.457 e. The summed E-state index contributed by atoms with van der Waals surface area (Å²) in [6.45, 7) is 0.344. The van der Waals surface area contributed by atoms with E-state index < -0.39 is 6.10 Å². The van der Waals surface area contributed by atoms with Crippen molar-refractivity contribution in [2.45, 2.75) is 12.6 Å². The normalized spacial score (nSPS) is 11.5. The molecule has 0 aliphatic carbocycles. The average molecular weight is 389 g/mol. The zero-order chi connectivity index (χ0) is 20.6. The molecule has 0 aromatic heterocycles. The van der Waals surface area contributed by atoms with Crippen molar-refractivity contribution in [3.8, 4) is 11.5 Å². The van der Waals surface area contributed by atoms with Gasteiger partial charge in [0, 0.05) is 19.2 Å². The highest BCUT2D eigenvalue weighted by Gasteiger charge is 2.20. The highest BCUT2D eigenvalue weighted by Crippen LogP contribution is 2.26. The van der Waals surface area contributed by atoms with Crippen LogP contribution in [0.2, 0.25) is 0 Å². The van der Waals surface area contributed by atoms with Gasteiger partial charge in [0.2, 0.25) is 0 Å². The molecule has 3 aromatic rings. The first-order valence-corrected chi connectivity index (χ1v) is 9.13. The van der Waals surface area contributed by atoms with Crippen LogP contribution in [0.3, 0.4) is 0 Å². The van der Waals surface area contributed by atoms with Crippen LogP contribution in [0.25, 0.3) is 0 Å². The monoisotopic (exact) mass is 389 g/mol. The van der Waals surface area contributed by atoms with E-state index in [4.69, 9.17) is 20.6 Å². The van der Waals surface area contributed by atoms with Gasteiger partial charge in [-0.15, -0.1) is 0 Å². The second kappa shape index (κ2) is 9.52. The number of ether oxygens (including phenoxy) is 2. The van der Waals surface area contributed by atoms with Crippen LogP contribution in [0.15, 0.2) is 78.9 Å². The molecule has 0 unspecified atom stereocenters. The SMILES string of the molecule is CO[C@H](C(=O)NCc1ccc(C(=N)N)cc1)c1cccc(Oc2ccccc2)c1. The standard InChI is InChI=1S/C23H23N3O3/c1-28-21(23(27)26-15-16-10-12-17(13-11-16)22(24)25)18-6-5-9-20(14-18)29-19-7-3-2-4-8-19/h2-14,21H,15H2,1H3,(H3,24,25)(H,26,27)/t21-/m0/s1. The second-order valence-corrected chi connectivity index (χ2v) is 6.43. The van der Waals surface area contributed by atoms with Crippen molar-refractivity contribution in [3.63, 3.8) is 0 Å². The van der Waals surface area contributed by atoms with Gasteiger partial charge in [-0.3, -0.25) is 10.2 Å². The zero-order valence-corrected chi connectivity index (χ0v) is 16.1. The van der Waals surface area contributed by atoms with Gasteiger partial charge in [-0.1, -0.05) is 54.6 Å². The first-order valence-electron chi connectivity index (χ1n) is 9.13. The van der Waals surface area contributed by atoms with Crippen molar-refractivity contribution in [2.24, 2.45) is 5.73 Å². The Bertz CT molecular complexity index is 972. The van der Waals surface area contributed by atoms with Gasteiger partial charge in [0.1, 0.15) is 17.3 Å². The van der Waals surface area contributed by atoms with Crippen LogP contribution in [-0.4, -0.2) is 18.9 Å². The van der Waals surface area contributed by atoms with E-state index in [1.54, 1.807) is 18.2 Å². The van der Waals surface area contributed by atoms with E-state index in [2.05, 4.69) is 5.32 Å². The van der Waals surface area contributed by atoms with Gasteiger partial charge in [-0.05, 0) is 35.4 Å². The number of nitrogen functional groups attached to an aromatic ring is 1. The molecule has 6 heteroatoms. The summed E-state index contributed by atoms with van der Waals surface area (Å²) in [5.74, 6) is 1.11. The Morgan fingerprint density at radius 1 is 1.00 bits per heavy atom. The summed E-state index contributed by atoms with van der Waals surface area (Å²) in [5, 5.41) is 10.3. The van der Waals surface area contributed by atoms with Gasteiger partial charge in [0.15, 0.2) is 6.10 Å². The van der Waals surface area contributed by atoms with Crippen LogP contribution < -0.4 is 15.8 Å². The lowest BCUT2D eigenvalue weighted by molar-refractivity contribution is -0.131. The second-order valence-electron chi connectivity index (χ2n) is 6.43. The smallest absolute Gasteiger partial charge is 0.254 e. The molecule has 0 fully saturated rings. The lowest BCUT2D eigenvalue weighted by Crippen LogP contribution is -2.30. The molecule has 3 rings (SSSR count). The highest BCUT2D eigenvalue weighted by molar-refractivity contribution is 5.94. The molecule has 0 radical (unpaired) electrons. The van der Waals surface area contributed by atoms with E-state index in [1.807, 2.05) is 60.7 Å². The number of para-hydroxylation sites is 1. The Labute approximate surface area is 169 Å². The predicted molar refractivity (Wildman–Crippen MR) is 112 cm³/mol. The van der Waals surface area contributed by atoms with Gasteiger partial charge >= 0.3 is 0 Å². The van der Waals surface area contributed by atoms with Crippen LogP contribution in [0.4, 0.5) is 0 Å². The van der Waals surface area contributed by atoms with E-state index in [9.17, 15) is 4.79 Å². The minimum absolute atomic E-state index is 0.0117. The van der Waals surface area contributed by atoms with Gasteiger partial charge in [-0.2, -0.15) is 0 Å². The fraction of sp³-hybridized carbons (Fsp3) is 0.130. The van der Waals surface area contributed by atoms with Crippen LogP contribution >= 0.6 is 0 Å². The van der Waals surface area contributed by atoms with Crippen LogP contribution in [0, 0.1) is 5.41 Å². The van der Waals surface area contributed by atoms with Gasteiger partial charge < -0.3 is 20.5 Å². The Morgan fingerprint density at radius 3 is 2.34 bits per heavy atom. The van der Waals surface area contributed by atoms with E-state index in [1.165, 1.54) is 7.11 Å². The summed E-state index contributed by atoms with van der Waals surface area (Å²) in [5.41, 5.74) is 7.70. The van der Waals surface area contributed by atoms with Crippen molar-refractivity contribution in [1.29, 1.82) is 5.41 Å². The van der Waals surface area contributed by atoms with Gasteiger partial charge in [0.05, 0.1) is 0 Å². The number of carbonyl (C=O) groups excluding carboxylic acids is 1. The summed E-state index contributed by atoms with van der Waals surface area (Å²) in [7, 11) is 1.50. The Hall–Kier alpha value is -3.64. The van der Waals surface area contributed by atoms with E-state index in [0.29, 0.717) is 23.4 Å². The summed E-state index contributed by atoms with van der Waals surface area (Å²) in [6, 6.07) is 23.9. The van der Waals surface area contributed by atoms with Gasteiger partial charge in [-0.25, -0.2) is 0 Å². The molecule has 0 bridgehead atoms. The Kier molecular flexibility index (Phi) is 6.60. The summed E-state index contributed by atoms with van der Waals surface area (Å²) < 4.78 is 11.3. The third-order valence-electron chi connectivity index (χ3n) is 4.35. The summed E-state index contributed by atoms with van der Waals surface area (Å²) in [6.07, 6.45) is -0.759. The third-order valence-corrected chi connectivity index (χ3v) is 4.35. The number of amides is 1. The molecule has 0 aliphatic heterocycles. The summed E-state index contributed by atoms with van der Waals surface area (Å²) >= 11 is 0. The lowest BCUT2D eigenvalue weighted by atomic mass is 10.1. The maximum atomic E-state index is 12.7. The molecule has 3 aromatic carbocycles. The van der Waals surface area contributed by atoms with Crippen molar-refractivity contribution < 1.29 is 14.3 Å². The number of nitrogens with two attached hydrogens (primary N) is 1. The maximum absolute atomic E-state index is 12.7. The highest BCUT2D eigenvalue weighted by atomic mass is 16.5. The minimum Gasteiger partial charge on any atom is -0.457 e. The third kappa shape index (κ3) is 5.43. The molecular weight excluding hydrogens is 366 g/mol. The molecule has 0 saturated heterocycles. The number of carbonyl (C=O) groups is 1. The van der Waals surface area contributed by atoms with Crippen molar-refractivity contribution in [3.05, 3.63) is 95.6 Å². The van der Waals surface area contributed by atoms with Crippen molar-refractivity contribution in [2.75, 3.05) is 7.11 Å². The van der Waals surface area contributed by atoms with Gasteiger partial charge in [0.25, 0.3) is 5.91 Å². The van der Waals surface area contributed by atoms with Crippen LogP contribution in [0.5, 0.6) is 11.5 Å². The molecule has 4 N–H and O–H groups in total. The number of hydrogen-bond acceptors (Lipinski definition) is 4. The molecular formula is C23H23N3O3. The molecule has 0 aliphatic rings. The molecule has 29 heavy (non-hydrogen) atoms. The van der Waals surface area contributed by atoms with E-state index in [-0.39, 0.29) is 11.7 Å². The van der Waals surface area contributed by atoms with E-state index >= 15 is 0 Å². The van der Waals surface area contributed by atoms with Crippen LogP contribution in [0.1, 0.15) is 22.8 Å². The maximum Gasteiger partial charge on any atom is 0.254 e. The molecule has 0 heterocycles. The first-order chi connectivity index (χ1) is 14.1. The number of hydrogen-bond donors (Lipinski definition) is 3. The number of rotatable bonds is 8. The lowest BCUT2D eigenvalue weighted by Gasteiger charge is -2.17. The van der Waals surface area contributed by atoms with Crippen molar-refractivity contribution >= 4 is 11.7 Å². The Morgan fingerprint density at radius 2 is 1.69 bits per heavy atom. The van der Waals surface area contributed by atoms with Crippen LogP contribution in [-0.2, 0) is 16.1 Å². The molecule has 1 atom stereocenters. The molecule has 0 saturated carbocycles. The average Bonchev–Trinajstić information content (AvgIpc) is 2.74. The quantitative estimate of drug-likeness (QED) is 0.403. The first kappa shape index (κ1) is 20.1. The fourth-order valence-corrected chi connectivity index (χ4v) is 2.84. The fourth-order valence-electron chi connectivity index (χ4n) is 2.84. The Balaban J connectivity index is 1.66. The number of amidine groups is 1. The molecule has 0 spiro atoms. The van der Waals surface area contributed by atoms with E-state index in [0.717, 1.165) is 11.3 Å². The molecule has 6 nitrogen and oxygen atoms in total. The number of benzene rings is 3. The minimum atomic E-state index is -0.759. The zero-order valence-electron chi connectivity index (χ0n) is 16.1. The molecule has 148 valence electrons. The predicted octanol–water partition coefficient (Wildman–Crippen LogP) is 3.77. The topological polar surface area (TPSA) is 97.4 Å². The summed E-state index contributed by atoms with van der Waals surface area (Å²) in [4.78, 5) is 12.7.